The SMILES string of the molecule is Cc1c(F)cccc1N=Nc1c(N)n[nH]c1N. The molecule has 1 heterocycles. The van der Waals surface area contributed by atoms with Crippen LogP contribution in [0.3, 0.4) is 0 Å². The number of nitrogen functional groups attached to an aromatic ring is 2. The molecular weight excluding hydrogens is 223 g/mol. The number of halogens is 1. The molecule has 0 aliphatic heterocycles. The largest absolute Gasteiger partial charge is 0.382 e. The molecule has 6 nitrogen and oxygen atoms in total. The molecule has 0 saturated carbocycles. The fourth-order valence-electron chi connectivity index (χ4n) is 1.28. The van der Waals surface area contributed by atoms with Gasteiger partial charge in [0.15, 0.2) is 11.5 Å². The second-order valence-electron chi connectivity index (χ2n) is 3.46. The Balaban J connectivity index is 2.36. The average Bonchev–Trinajstić information content (AvgIpc) is 2.62. The highest BCUT2D eigenvalue weighted by atomic mass is 19.1. The maximum absolute atomic E-state index is 13.2. The molecule has 0 spiro atoms. The van der Waals surface area contributed by atoms with Crippen LogP contribution in [-0.2, 0) is 0 Å². The average molecular weight is 234 g/mol. The van der Waals surface area contributed by atoms with E-state index in [1.807, 2.05) is 0 Å². The van der Waals surface area contributed by atoms with E-state index in [2.05, 4.69) is 20.4 Å². The number of aromatic amines is 1. The van der Waals surface area contributed by atoms with Crippen molar-refractivity contribution in [2.75, 3.05) is 11.5 Å². The van der Waals surface area contributed by atoms with E-state index >= 15 is 0 Å². The maximum Gasteiger partial charge on any atom is 0.175 e. The number of H-pyrrole nitrogens is 1. The van der Waals surface area contributed by atoms with Crippen molar-refractivity contribution in [3.05, 3.63) is 29.6 Å². The van der Waals surface area contributed by atoms with Crippen LogP contribution in [0, 0.1) is 12.7 Å². The number of anilines is 2. The van der Waals surface area contributed by atoms with Gasteiger partial charge in [0.25, 0.3) is 0 Å². The Hall–Kier alpha value is -2.44. The molecule has 0 atom stereocenters. The van der Waals surface area contributed by atoms with Crippen LogP contribution in [-0.4, -0.2) is 10.2 Å². The van der Waals surface area contributed by atoms with E-state index in [1.165, 1.54) is 6.07 Å². The monoisotopic (exact) mass is 234 g/mol. The zero-order valence-electron chi connectivity index (χ0n) is 9.11. The Morgan fingerprint density at radius 1 is 1.29 bits per heavy atom. The quantitative estimate of drug-likeness (QED) is 0.694. The molecule has 2 rings (SSSR count). The molecule has 5 N–H and O–H groups in total. The van der Waals surface area contributed by atoms with Gasteiger partial charge < -0.3 is 11.5 Å². The molecule has 0 aliphatic rings. The normalized spacial score (nSPS) is 11.2. The summed E-state index contributed by atoms with van der Waals surface area (Å²) < 4.78 is 13.2. The van der Waals surface area contributed by atoms with Crippen molar-refractivity contribution in [1.82, 2.24) is 10.2 Å². The first-order valence-electron chi connectivity index (χ1n) is 4.85. The summed E-state index contributed by atoms with van der Waals surface area (Å²) in [7, 11) is 0. The van der Waals surface area contributed by atoms with Crippen LogP contribution in [0.2, 0.25) is 0 Å². The van der Waals surface area contributed by atoms with Crippen molar-refractivity contribution >= 4 is 23.0 Å². The summed E-state index contributed by atoms with van der Waals surface area (Å²) in [6.07, 6.45) is 0. The second-order valence-corrected chi connectivity index (χ2v) is 3.46. The van der Waals surface area contributed by atoms with Crippen molar-refractivity contribution in [2.45, 2.75) is 6.92 Å². The van der Waals surface area contributed by atoms with Crippen LogP contribution < -0.4 is 11.5 Å². The van der Waals surface area contributed by atoms with Crippen molar-refractivity contribution in [3.63, 3.8) is 0 Å². The van der Waals surface area contributed by atoms with Crippen LogP contribution in [0.15, 0.2) is 28.4 Å². The minimum Gasteiger partial charge on any atom is -0.382 e. The Bertz CT molecular complexity index is 555. The van der Waals surface area contributed by atoms with Gasteiger partial charge in [-0.1, -0.05) is 6.07 Å². The minimum atomic E-state index is -0.338. The van der Waals surface area contributed by atoms with Crippen LogP contribution in [0.25, 0.3) is 0 Å². The molecule has 1 aromatic heterocycles. The summed E-state index contributed by atoms with van der Waals surface area (Å²) >= 11 is 0. The van der Waals surface area contributed by atoms with Gasteiger partial charge in [-0.25, -0.2) is 4.39 Å². The minimum absolute atomic E-state index is 0.153. The first-order chi connectivity index (χ1) is 8.09. The number of hydrogen-bond donors (Lipinski definition) is 3. The van der Waals surface area contributed by atoms with Crippen molar-refractivity contribution in [1.29, 1.82) is 0 Å². The molecule has 88 valence electrons. The van der Waals surface area contributed by atoms with E-state index in [1.54, 1.807) is 19.1 Å². The lowest BCUT2D eigenvalue weighted by Gasteiger charge is -1.99. The van der Waals surface area contributed by atoms with E-state index < -0.39 is 0 Å². The molecule has 17 heavy (non-hydrogen) atoms. The lowest BCUT2D eigenvalue weighted by Crippen LogP contribution is -1.85. The van der Waals surface area contributed by atoms with E-state index in [0.29, 0.717) is 11.3 Å². The first-order valence-corrected chi connectivity index (χ1v) is 4.85. The highest BCUT2D eigenvalue weighted by molar-refractivity contribution is 5.70. The van der Waals surface area contributed by atoms with Crippen molar-refractivity contribution in [3.8, 4) is 0 Å². The summed E-state index contributed by atoms with van der Waals surface area (Å²) in [4.78, 5) is 0. The van der Waals surface area contributed by atoms with Gasteiger partial charge in [0.05, 0.1) is 5.69 Å². The molecule has 0 unspecified atom stereocenters. The number of nitrogens with one attached hydrogen (secondary N) is 1. The Labute approximate surface area is 96.5 Å². The Morgan fingerprint density at radius 3 is 2.71 bits per heavy atom. The lowest BCUT2D eigenvalue weighted by molar-refractivity contribution is 0.619. The molecule has 0 aliphatic carbocycles. The third-order valence-corrected chi connectivity index (χ3v) is 2.29. The Morgan fingerprint density at radius 2 is 2.06 bits per heavy atom. The van der Waals surface area contributed by atoms with Gasteiger partial charge in [-0.2, -0.15) is 5.10 Å². The third-order valence-electron chi connectivity index (χ3n) is 2.29. The van der Waals surface area contributed by atoms with E-state index in [0.717, 1.165) is 0 Å². The highest BCUT2D eigenvalue weighted by Gasteiger charge is 2.07. The summed E-state index contributed by atoms with van der Waals surface area (Å²) in [5.74, 6) is 0.0372. The molecule has 7 heteroatoms. The molecule has 2 aromatic rings. The summed E-state index contributed by atoms with van der Waals surface area (Å²) in [6, 6.07) is 4.56. The zero-order valence-corrected chi connectivity index (χ0v) is 9.11. The first kappa shape index (κ1) is 11.1. The third kappa shape index (κ3) is 2.07. The van der Waals surface area contributed by atoms with Gasteiger partial charge >= 0.3 is 0 Å². The number of rotatable bonds is 2. The molecular formula is C10H11FN6. The van der Waals surface area contributed by atoms with Gasteiger partial charge in [0.2, 0.25) is 0 Å². The number of azo groups is 1. The number of nitrogens with two attached hydrogens (primary N) is 2. The summed E-state index contributed by atoms with van der Waals surface area (Å²) in [6.45, 7) is 1.62. The van der Waals surface area contributed by atoms with Crippen LogP contribution in [0.5, 0.6) is 0 Å². The topological polar surface area (TPSA) is 105 Å². The molecule has 0 radical (unpaired) electrons. The van der Waals surface area contributed by atoms with Gasteiger partial charge in [-0.3, -0.25) is 5.10 Å². The number of hydrogen-bond acceptors (Lipinski definition) is 5. The number of aromatic nitrogens is 2. The van der Waals surface area contributed by atoms with Crippen molar-refractivity contribution in [2.24, 2.45) is 10.2 Å². The van der Waals surface area contributed by atoms with Crippen LogP contribution in [0.1, 0.15) is 5.56 Å². The molecule has 0 bridgehead atoms. The highest BCUT2D eigenvalue weighted by Crippen LogP contribution is 2.29. The van der Waals surface area contributed by atoms with Crippen LogP contribution in [0.4, 0.5) is 27.4 Å². The molecule has 0 saturated heterocycles. The smallest absolute Gasteiger partial charge is 0.175 e. The zero-order chi connectivity index (χ0) is 12.4. The fourth-order valence-corrected chi connectivity index (χ4v) is 1.28. The van der Waals surface area contributed by atoms with Gasteiger partial charge in [0, 0.05) is 5.56 Å². The van der Waals surface area contributed by atoms with E-state index in [9.17, 15) is 4.39 Å². The molecule has 0 fully saturated rings. The number of benzene rings is 1. The predicted molar refractivity (Wildman–Crippen MR) is 62.7 cm³/mol. The summed E-state index contributed by atoms with van der Waals surface area (Å²) in [5.41, 5.74) is 12.2. The number of nitrogens with zero attached hydrogens (tertiary/aromatic N) is 3. The van der Waals surface area contributed by atoms with E-state index in [-0.39, 0.29) is 23.1 Å². The van der Waals surface area contributed by atoms with Crippen molar-refractivity contribution < 1.29 is 4.39 Å². The van der Waals surface area contributed by atoms with E-state index in [4.69, 9.17) is 11.5 Å². The van der Waals surface area contributed by atoms with Gasteiger partial charge in [0.1, 0.15) is 11.6 Å². The molecule has 1 aromatic carbocycles. The van der Waals surface area contributed by atoms with Gasteiger partial charge in [-0.15, -0.1) is 10.2 Å². The fraction of sp³-hybridized carbons (Fsp3) is 0.100. The predicted octanol–water partition coefficient (Wildman–Crippen LogP) is 2.44. The van der Waals surface area contributed by atoms with Crippen LogP contribution >= 0.6 is 0 Å². The summed E-state index contributed by atoms with van der Waals surface area (Å²) in [5, 5.41) is 13.9. The Kier molecular flexibility index (Phi) is 2.73. The molecule has 0 amide bonds. The lowest BCUT2D eigenvalue weighted by atomic mass is 10.2. The second kappa shape index (κ2) is 4.20. The van der Waals surface area contributed by atoms with Gasteiger partial charge in [-0.05, 0) is 19.1 Å². The maximum atomic E-state index is 13.2. The standard InChI is InChI=1S/C10H11FN6/c1-5-6(11)3-2-4-7(5)14-15-8-9(12)16-17-10(8)13/h2-4H,1H3,(H5,12,13,16,17).